The molecule has 0 radical (unpaired) electrons. The monoisotopic (exact) mass is 319 g/mol. The van der Waals surface area contributed by atoms with Crippen molar-refractivity contribution in [2.75, 3.05) is 7.05 Å². The number of aryl methyl sites for hydroxylation is 1. The number of aromatic nitrogens is 2. The first kappa shape index (κ1) is 16.4. The van der Waals surface area contributed by atoms with Gasteiger partial charge >= 0.3 is 6.09 Å². The molecule has 22 heavy (non-hydrogen) atoms. The van der Waals surface area contributed by atoms with Crippen LogP contribution in [0, 0.1) is 6.92 Å². The van der Waals surface area contributed by atoms with Crippen molar-refractivity contribution >= 4 is 17.9 Å². The summed E-state index contributed by atoms with van der Waals surface area (Å²) in [4.78, 5) is 19.6. The van der Waals surface area contributed by atoms with Gasteiger partial charge in [-0.05, 0) is 25.0 Å². The molecule has 0 bridgehead atoms. The maximum atomic E-state index is 9.59. The van der Waals surface area contributed by atoms with Crippen LogP contribution in [0.4, 0.5) is 4.79 Å². The molecule has 2 heterocycles. The highest BCUT2D eigenvalue weighted by molar-refractivity contribution is 7.99. The van der Waals surface area contributed by atoms with Crippen LogP contribution in [0.5, 0.6) is 0 Å². The van der Waals surface area contributed by atoms with Crippen LogP contribution in [0.1, 0.15) is 31.3 Å². The number of hydrogen-bond acceptors (Lipinski definition) is 4. The van der Waals surface area contributed by atoms with Crippen LogP contribution in [-0.4, -0.2) is 27.8 Å². The second kappa shape index (κ2) is 6.87. The zero-order chi connectivity index (χ0) is 16.3. The average molecular weight is 319 g/mol. The highest BCUT2D eigenvalue weighted by Crippen LogP contribution is 2.33. The molecule has 0 spiro atoms. The maximum absolute atomic E-state index is 9.59. The molecule has 1 amide bonds. The van der Waals surface area contributed by atoms with Crippen molar-refractivity contribution < 1.29 is 9.63 Å². The Morgan fingerprint density at radius 3 is 2.18 bits per heavy atom. The number of hydrogen-bond donors (Lipinski definition) is 0. The molecule has 6 heteroatoms. The minimum Gasteiger partial charge on any atom is -0.326 e. The molecule has 0 atom stereocenters. The van der Waals surface area contributed by atoms with Gasteiger partial charge in [0.25, 0.3) is 0 Å². The zero-order valence-corrected chi connectivity index (χ0v) is 14.3. The van der Waals surface area contributed by atoms with Gasteiger partial charge in [0.05, 0.1) is 12.7 Å². The van der Waals surface area contributed by atoms with E-state index in [0.717, 1.165) is 10.9 Å². The number of carbonyl (C=O) groups excluding carboxylic acids is 1. The molecular weight excluding hydrogens is 298 g/mol. The number of amides is 1. The number of rotatable bonds is 3. The van der Waals surface area contributed by atoms with Gasteiger partial charge in [-0.25, -0.2) is 9.78 Å². The predicted octanol–water partition coefficient (Wildman–Crippen LogP) is 3.99. The van der Waals surface area contributed by atoms with E-state index in [-0.39, 0.29) is 6.09 Å². The summed E-state index contributed by atoms with van der Waals surface area (Å²) in [6, 6.07) is 10.5. The van der Waals surface area contributed by atoms with E-state index in [2.05, 4.69) is 66.5 Å². The summed E-state index contributed by atoms with van der Waals surface area (Å²) in [6.07, 6.45) is -0.245. The fourth-order valence-electron chi connectivity index (χ4n) is 1.81. The van der Waals surface area contributed by atoms with Crippen molar-refractivity contribution in [3.63, 3.8) is 0 Å². The lowest BCUT2D eigenvalue weighted by atomic mass is 10.2. The number of benzene rings is 1. The van der Waals surface area contributed by atoms with Gasteiger partial charge in [-0.2, -0.15) is 0 Å². The van der Waals surface area contributed by atoms with Crippen LogP contribution in [0.3, 0.4) is 0 Å². The van der Waals surface area contributed by atoms with Crippen molar-refractivity contribution in [1.29, 1.82) is 0 Å². The van der Waals surface area contributed by atoms with E-state index < -0.39 is 0 Å². The van der Waals surface area contributed by atoms with Gasteiger partial charge in [0.1, 0.15) is 10.9 Å². The van der Waals surface area contributed by atoms with E-state index in [1.54, 1.807) is 18.8 Å². The summed E-state index contributed by atoms with van der Waals surface area (Å²) in [5, 5.41) is 2.41. The first-order chi connectivity index (χ1) is 10.4. The third kappa shape index (κ3) is 4.04. The molecule has 1 saturated heterocycles. The Kier molecular flexibility index (Phi) is 5.13. The molecule has 1 fully saturated rings. The average Bonchev–Trinajstić information content (AvgIpc) is 3.06. The highest BCUT2D eigenvalue weighted by Gasteiger charge is 2.28. The first-order valence-corrected chi connectivity index (χ1v) is 7.93. The fourth-order valence-corrected chi connectivity index (χ4v) is 2.98. The molecule has 0 N–H and O–H groups in total. The van der Waals surface area contributed by atoms with Crippen LogP contribution in [0.25, 0.3) is 0 Å². The zero-order valence-electron chi connectivity index (χ0n) is 13.5. The summed E-state index contributed by atoms with van der Waals surface area (Å²) in [6.45, 7) is 6.44. The normalized spacial score (nSPS) is 12.8. The Hall–Kier alpha value is -1.95. The molecule has 5 nitrogen and oxygen atoms in total. The van der Waals surface area contributed by atoms with Crippen LogP contribution in [-0.2, 0) is 11.9 Å². The molecule has 3 rings (SSSR count). The number of hydroxylamine groups is 2. The van der Waals surface area contributed by atoms with Crippen molar-refractivity contribution in [3.05, 3.63) is 41.9 Å². The van der Waals surface area contributed by atoms with E-state index in [1.165, 1.54) is 15.6 Å². The van der Waals surface area contributed by atoms with Gasteiger partial charge < -0.3 is 9.40 Å². The Bertz CT molecular complexity index is 653. The molecule has 118 valence electrons. The Morgan fingerprint density at radius 1 is 1.18 bits per heavy atom. The van der Waals surface area contributed by atoms with Gasteiger partial charge in [0.15, 0.2) is 0 Å². The smallest absolute Gasteiger partial charge is 0.326 e. The lowest BCUT2D eigenvalue weighted by molar-refractivity contribution is 0.227. The third-order valence-corrected chi connectivity index (χ3v) is 4.42. The molecule has 0 aliphatic carbocycles. The summed E-state index contributed by atoms with van der Waals surface area (Å²) in [5.74, 6) is 1.54. The van der Waals surface area contributed by atoms with Gasteiger partial charge in [-0.3, -0.25) is 0 Å². The second-order valence-electron chi connectivity index (χ2n) is 5.33. The molecule has 1 aromatic carbocycles. The van der Waals surface area contributed by atoms with E-state index in [0.29, 0.717) is 5.92 Å². The van der Waals surface area contributed by atoms with Crippen LogP contribution >= 0.6 is 11.8 Å². The molecule has 1 aromatic heterocycles. The summed E-state index contributed by atoms with van der Waals surface area (Å²) < 4.78 is 2.17. The summed E-state index contributed by atoms with van der Waals surface area (Å²) in [5.41, 5.74) is 1.19. The van der Waals surface area contributed by atoms with Gasteiger partial charge in [0.2, 0.25) is 0 Å². The molecule has 0 unspecified atom stereocenters. The predicted molar refractivity (Wildman–Crippen MR) is 86.8 cm³/mol. The van der Waals surface area contributed by atoms with Crippen LogP contribution in [0.2, 0.25) is 0 Å². The summed E-state index contributed by atoms with van der Waals surface area (Å²) >= 11 is 1.79. The topological polar surface area (TPSA) is 50.4 Å². The second-order valence-corrected chi connectivity index (χ2v) is 6.40. The Morgan fingerprint density at radius 2 is 1.73 bits per heavy atom. The maximum Gasteiger partial charge on any atom is 0.467 e. The Balaban J connectivity index is 0.000000299. The van der Waals surface area contributed by atoms with Gasteiger partial charge in [0, 0.05) is 11.9 Å². The number of imidazole rings is 1. The highest BCUT2D eigenvalue weighted by atomic mass is 32.2. The molecule has 0 saturated carbocycles. The minimum absolute atomic E-state index is 0.245. The Labute approximate surface area is 135 Å². The lowest BCUT2D eigenvalue weighted by Crippen LogP contribution is -1.95. The third-order valence-electron chi connectivity index (χ3n) is 3.24. The van der Waals surface area contributed by atoms with E-state index in [1.807, 2.05) is 6.07 Å². The summed E-state index contributed by atoms with van der Waals surface area (Å²) in [7, 11) is 3.64. The molecule has 1 aliphatic heterocycles. The van der Waals surface area contributed by atoms with E-state index in [4.69, 9.17) is 0 Å². The lowest BCUT2D eigenvalue weighted by Gasteiger charge is -2.08. The minimum atomic E-state index is -0.245. The van der Waals surface area contributed by atoms with Crippen molar-refractivity contribution in [1.82, 2.24) is 14.6 Å². The molecule has 1 aliphatic rings. The van der Waals surface area contributed by atoms with Crippen molar-refractivity contribution in [3.8, 4) is 0 Å². The molecule has 2 aromatic rings. The van der Waals surface area contributed by atoms with Gasteiger partial charge in [-0.15, -0.1) is 5.06 Å². The standard InChI is InChI=1S/C14H18N2S.C2H3NO2/c1-10(2)13-14(16(4)11(3)15-13)17-12-8-6-5-7-9-12;1-3-2(4)5-3/h5-10H,1-4H3;1H3. The first-order valence-electron chi connectivity index (χ1n) is 7.12. The quantitative estimate of drug-likeness (QED) is 0.803. The largest absolute Gasteiger partial charge is 0.467 e. The van der Waals surface area contributed by atoms with Gasteiger partial charge in [-0.1, -0.05) is 43.8 Å². The van der Waals surface area contributed by atoms with E-state index in [9.17, 15) is 4.79 Å². The number of nitrogens with zero attached hydrogens (tertiary/aromatic N) is 3. The molecular formula is C16H21N3O2S. The van der Waals surface area contributed by atoms with Crippen LogP contribution < -0.4 is 0 Å². The van der Waals surface area contributed by atoms with Crippen molar-refractivity contribution in [2.45, 2.75) is 36.6 Å². The van der Waals surface area contributed by atoms with Crippen LogP contribution in [0.15, 0.2) is 40.3 Å². The fraction of sp³-hybridized carbons (Fsp3) is 0.375. The SMILES string of the molecule is CN1OC1=O.Cc1nc(C(C)C)c(Sc2ccccc2)n1C. The van der Waals surface area contributed by atoms with E-state index >= 15 is 0 Å². The van der Waals surface area contributed by atoms with Crippen molar-refractivity contribution in [2.24, 2.45) is 7.05 Å². The number of carbonyl (C=O) groups is 1.